The first kappa shape index (κ1) is 11.5. The van der Waals surface area contributed by atoms with Gasteiger partial charge in [0.1, 0.15) is 0 Å². The highest BCUT2D eigenvalue weighted by Crippen LogP contribution is 2.14. The summed E-state index contributed by atoms with van der Waals surface area (Å²) in [5, 5.41) is 12.4. The second kappa shape index (κ2) is 6.00. The minimum Gasteiger partial charge on any atom is -0.315 e. The summed E-state index contributed by atoms with van der Waals surface area (Å²) in [6.45, 7) is 7.49. The summed E-state index contributed by atoms with van der Waals surface area (Å²) in [6.07, 6.45) is 3.26. The molecule has 80 valence electrons. The Morgan fingerprint density at radius 1 is 1.57 bits per heavy atom. The predicted molar refractivity (Wildman–Crippen MR) is 58.0 cm³/mol. The highest BCUT2D eigenvalue weighted by Gasteiger charge is 2.26. The Balaban J connectivity index is 2.57. The molecule has 2 atom stereocenters. The zero-order chi connectivity index (χ0) is 10.4. The summed E-state index contributed by atoms with van der Waals surface area (Å²) >= 11 is 0. The smallest absolute Gasteiger partial charge is 0.0978 e. The molecule has 0 bridgehead atoms. The molecular formula is C11H21N3. The lowest BCUT2D eigenvalue weighted by molar-refractivity contribution is 0.170. The molecule has 1 heterocycles. The summed E-state index contributed by atoms with van der Waals surface area (Å²) in [7, 11) is 0. The third kappa shape index (κ3) is 2.70. The SMILES string of the molecule is CCCN(C(C#N)CC)C1CCNC1. The van der Waals surface area contributed by atoms with Crippen molar-refractivity contribution in [3.8, 4) is 6.07 Å². The van der Waals surface area contributed by atoms with Crippen LogP contribution in [0.5, 0.6) is 0 Å². The van der Waals surface area contributed by atoms with Gasteiger partial charge in [0.2, 0.25) is 0 Å². The van der Waals surface area contributed by atoms with E-state index < -0.39 is 0 Å². The number of hydrogen-bond donors (Lipinski definition) is 1. The van der Waals surface area contributed by atoms with Crippen molar-refractivity contribution in [3.63, 3.8) is 0 Å². The second-order valence-electron chi connectivity index (χ2n) is 3.94. The van der Waals surface area contributed by atoms with E-state index in [4.69, 9.17) is 5.26 Å². The zero-order valence-corrected chi connectivity index (χ0v) is 9.29. The topological polar surface area (TPSA) is 39.1 Å². The average molecular weight is 195 g/mol. The molecule has 3 nitrogen and oxygen atoms in total. The van der Waals surface area contributed by atoms with Crippen molar-refractivity contribution < 1.29 is 0 Å². The number of hydrogen-bond acceptors (Lipinski definition) is 3. The van der Waals surface area contributed by atoms with Crippen LogP contribution in [0, 0.1) is 11.3 Å². The van der Waals surface area contributed by atoms with Gasteiger partial charge in [-0.05, 0) is 32.4 Å². The molecule has 0 amide bonds. The summed E-state index contributed by atoms with van der Waals surface area (Å²) in [6, 6.07) is 3.11. The zero-order valence-electron chi connectivity index (χ0n) is 9.29. The van der Waals surface area contributed by atoms with Crippen molar-refractivity contribution >= 4 is 0 Å². The fraction of sp³-hybridized carbons (Fsp3) is 0.909. The Labute approximate surface area is 87.1 Å². The molecule has 0 aromatic rings. The molecule has 0 saturated carbocycles. The third-order valence-corrected chi connectivity index (χ3v) is 2.92. The summed E-state index contributed by atoms with van der Waals surface area (Å²) in [4.78, 5) is 2.38. The van der Waals surface area contributed by atoms with Crippen LogP contribution in [0.15, 0.2) is 0 Å². The highest BCUT2D eigenvalue weighted by molar-refractivity contribution is 4.95. The standard InChI is InChI=1S/C11H21N3/c1-3-7-14(10(4-2)8-12)11-5-6-13-9-11/h10-11,13H,3-7,9H2,1-2H3. The van der Waals surface area contributed by atoms with E-state index in [9.17, 15) is 0 Å². The summed E-state index contributed by atoms with van der Waals surface area (Å²) in [5.74, 6) is 0. The van der Waals surface area contributed by atoms with Crippen LogP contribution >= 0.6 is 0 Å². The van der Waals surface area contributed by atoms with Crippen molar-refractivity contribution in [2.75, 3.05) is 19.6 Å². The molecule has 3 heteroatoms. The van der Waals surface area contributed by atoms with Crippen molar-refractivity contribution in [3.05, 3.63) is 0 Å². The van der Waals surface area contributed by atoms with Crippen LogP contribution in [0.3, 0.4) is 0 Å². The van der Waals surface area contributed by atoms with Gasteiger partial charge >= 0.3 is 0 Å². The molecule has 0 radical (unpaired) electrons. The lowest BCUT2D eigenvalue weighted by atomic mass is 10.1. The van der Waals surface area contributed by atoms with E-state index >= 15 is 0 Å². The monoisotopic (exact) mass is 195 g/mol. The molecule has 2 unspecified atom stereocenters. The molecule has 0 aromatic carbocycles. The van der Waals surface area contributed by atoms with Gasteiger partial charge < -0.3 is 5.32 Å². The Kier molecular flexibility index (Phi) is 4.92. The minimum absolute atomic E-state index is 0.111. The highest BCUT2D eigenvalue weighted by atomic mass is 15.2. The molecule has 0 spiro atoms. The van der Waals surface area contributed by atoms with E-state index in [2.05, 4.69) is 30.1 Å². The van der Waals surface area contributed by atoms with Gasteiger partial charge in [-0.25, -0.2) is 0 Å². The van der Waals surface area contributed by atoms with E-state index in [0.29, 0.717) is 6.04 Å². The van der Waals surface area contributed by atoms with Gasteiger partial charge in [0, 0.05) is 12.6 Å². The van der Waals surface area contributed by atoms with Crippen LogP contribution in [0.1, 0.15) is 33.1 Å². The van der Waals surface area contributed by atoms with E-state index in [-0.39, 0.29) is 6.04 Å². The van der Waals surface area contributed by atoms with Crippen molar-refractivity contribution in [2.45, 2.75) is 45.2 Å². The lowest BCUT2D eigenvalue weighted by Gasteiger charge is -2.31. The Bertz CT molecular complexity index is 191. The predicted octanol–water partition coefficient (Wildman–Crippen LogP) is 1.36. The maximum atomic E-state index is 9.07. The van der Waals surface area contributed by atoms with E-state index in [1.165, 1.54) is 6.42 Å². The molecule has 1 aliphatic heterocycles. The van der Waals surface area contributed by atoms with E-state index in [1.807, 2.05) is 0 Å². The Morgan fingerprint density at radius 3 is 2.79 bits per heavy atom. The molecule has 0 aliphatic carbocycles. The molecule has 0 aromatic heterocycles. The molecule has 1 fully saturated rings. The molecular weight excluding hydrogens is 174 g/mol. The van der Waals surface area contributed by atoms with Crippen LogP contribution in [-0.2, 0) is 0 Å². The fourth-order valence-corrected chi connectivity index (χ4v) is 2.17. The number of nitriles is 1. The first-order chi connectivity index (χ1) is 6.83. The number of rotatable bonds is 5. The number of nitrogens with zero attached hydrogens (tertiary/aromatic N) is 2. The van der Waals surface area contributed by atoms with Crippen LogP contribution in [0.2, 0.25) is 0 Å². The molecule has 14 heavy (non-hydrogen) atoms. The van der Waals surface area contributed by atoms with E-state index in [0.717, 1.165) is 32.5 Å². The van der Waals surface area contributed by atoms with Crippen molar-refractivity contribution in [2.24, 2.45) is 0 Å². The fourth-order valence-electron chi connectivity index (χ4n) is 2.17. The largest absolute Gasteiger partial charge is 0.315 e. The average Bonchev–Trinajstić information content (AvgIpc) is 2.71. The quantitative estimate of drug-likeness (QED) is 0.720. The van der Waals surface area contributed by atoms with Crippen molar-refractivity contribution in [1.29, 1.82) is 5.26 Å². The van der Waals surface area contributed by atoms with Crippen LogP contribution in [0.25, 0.3) is 0 Å². The van der Waals surface area contributed by atoms with Crippen molar-refractivity contribution in [1.82, 2.24) is 10.2 Å². The minimum atomic E-state index is 0.111. The maximum absolute atomic E-state index is 9.07. The van der Waals surface area contributed by atoms with Crippen LogP contribution in [0.4, 0.5) is 0 Å². The Hall–Kier alpha value is -0.590. The first-order valence-corrected chi connectivity index (χ1v) is 5.69. The number of nitrogens with one attached hydrogen (secondary N) is 1. The van der Waals surface area contributed by atoms with Gasteiger partial charge in [-0.1, -0.05) is 13.8 Å². The summed E-state index contributed by atoms with van der Waals surface area (Å²) < 4.78 is 0. The van der Waals surface area contributed by atoms with Crippen LogP contribution < -0.4 is 5.32 Å². The lowest BCUT2D eigenvalue weighted by Crippen LogP contribution is -2.43. The first-order valence-electron chi connectivity index (χ1n) is 5.69. The molecule has 1 rings (SSSR count). The van der Waals surface area contributed by atoms with E-state index in [1.54, 1.807) is 0 Å². The second-order valence-corrected chi connectivity index (χ2v) is 3.94. The summed E-state index contributed by atoms with van der Waals surface area (Å²) in [5.41, 5.74) is 0. The van der Waals surface area contributed by atoms with Gasteiger partial charge in [0.15, 0.2) is 0 Å². The third-order valence-electron chi connectivity index (χ3n) is 2.92. The van der Waals surface area contributed by atoms with Gasteiger partial charge in [-0.15, -0.1) is 0 Å². The van der Waals surface area contributed by atoms with Gasteiger partial charge in [-0.3, -0.25) is 4.90 Å². The molecule has 1 aliphatic rings. The van der Waals surface area contributed by atoms with Gasteiger partial charge in [0.25, 0.3) is 0 Å². The van der Waals surface area contributed by atoms with Crippen LogP contribution in [-0.4, -0.2) is 36.6 Å². The maximum Gasteiger partial charge on any atom is 0.0978 e. The van der Waals surface area contributed by atoms with Gasteiger partial charge in [-0.2, -0.15) is 5.26 Å². The normalized spacial score (nSPS) is 23.7. The van der Waals surface area contributed by atoms with Gasteiger partial charge in [0.05, 0.1) is 12.1 Å². The molecule has 1 N–H and O–H groups in total. The molecule has 1 saturated heterocycles. The Morgan fingerprint density at radius 2 is 2.36 bits per heavy atom.